The van der Waals surface area contributed by atoms with Gasteiger partial charge in [0.25, 0.3) is 10.0 Å². The predicted molar refractivity (Wildman–Crippen MR) is 128 cm³/mol. The molecule has 0 atom stereocenters. The molecule has 1 amide bonds. The molecule has 0 spiro atoms. The number of methoxy groups -OCH3 is 2. The maximum atomic E-state index is 12.6. The van der Waals surface area contributed by atoms with Gasteiger partial charge in [-0.3, -0.25) is 4.79 Å². The number of anilines is 2. The number of benzene rings is 2. The molecule has 0 aliphatic carbocycles. The van der Waals surface area contributed by atoms with Crippen LogP contribution in [0.15, 0.2) is 56.4 Å². The summed E-state index contributed by atoms with van der Waals surface area (Å²) in [5, 5.41) is 6.41. The van der Waals surface area contributed by atoms with E-state index in [1.165, 1.54) is 44.6 Å². The van der Waals surface area contributed by atoms with Crippen LogP contribution >= 0.6 is 15.9 Å². The zero-order chi connectivity index (χ0) is 24.2. The van der Waals surface area contributed by atoms with Gasteiger partial charge < -0.3 is 19.3 Å². The average Bonchev–Trinajstić information content (AvgIpc) is 3.09. The Labute approximate surface area is 199 Å². The number of carbonyl (C=O) groups is 1. The Kier molecular flexibility index (Phi) is 7.44. The van der Waals surface area contributed by atoms with Crippen molar-refractivity contribution in [2.24, 2.45) is 0 Å². The Morgan fingerprint density at radius 1 is 1.12 bits per heavy atom. The topological polar surface area (TPSA) is 120 Å². The first-order valence-electron chi connectivity index (χ1n) is 9.61. The number of sulfonamides is 1. The van der Waals surface area contributed by atoms with Gasteiger partial charge in [0, 0.05) is 17.3 Å². The SMILES string of the molecule is COc1cc(C=CC(=O)Nc2ccc(S(=O)(=O)Nc3onc(C)c3C)cc2)cc(Br)c1OC. The summed E-state index contributed by atoms with van der Waals surface area (Å²) >= 11 is 3.41. The third-order valence-corrected chi connectivity index (χ3v) is 6.64. The molecule has 0 radical (unpaired) electrons. The van der Waals surface area contributed by atoms with E-state index in [1.807, 2.05) is 0 Å². The number of halogens is 1. The van der Waals surface area contributed by atoms with Gasteiger partial charge in [-0.1, -0.05) is 5.16 Å². The third kappa shape index (κ3) is 5.74. The minimum absolute atomic E-state index is 0.0136. The van der Waals surface area contributed by atoms with E-state index in [1.54, 1.807) is 32.1 Å². The first-order valence-corrected chi connectivity index (χ1v) is 11.9. The lowest BCUT2D eigenvalue weighted by atomic mass is 10.2. The maximum Gasteiger partial charge on any atom is 0.264 e. The van der Waals surface area contributed by atoms with Crippen LogP contribution in [0.2, 0.25) is 0 Å². The first kappa shape index (κ1) is 24.3. The van der Waals surface area contributed by atoms with Crippen molar-refractivity contribution in [1.82, 2.24) is 5.16 Å². The van der Waals surface area contributed by atoms with E-state index in [9.17, 15) is 13.2 Å². The smallest absolute Gasteiger partial charge is 0.264 e. The Bertz CT molecular complexity index is 1300. The van der Waals surface area contributed by atoms with Gasteiger partial charge in [-0.05, 0) is 77.8 Å². The average molecular weight is 536 g/mol. The normalized spacial score (nSPS) is 11.4. The van der Waals surface area contributed by atoms with E-state index in [0.717, 1.165) is 5.56 Å². The molecule has 0 saturated carbocycles. The lowest BCUT2D eigenvalue weighted by Crippen LogP contribution is -2.13. The van der Waals surface area contributed by atoms with E-state index in [0.29, 0.717) is 32.9 Å². The molecule has 11 heteroatoms. The predicted octanol–water partition coefficient (Wildman–Crippen LogP) is 4.52. The first-order chi connectivity index (χ1) is 15.6. The van der Waals surface area contributed by atoms with E-state index in [4.69, 9.17) is 14.0 Å². The Balaban J connectivity index is 1.68. The number of rotatable bonds is 8. The quantitative estimate of drug-likeness (QED) is 0.406. The number of nitrogens with zero attached hydrogens (tertiary/aromatic N) is 1. The van der Waals surface area contributed by atoms with Crippen molar-refractivity contribution in [3.8, 4) is 11.5 Å². The molecule has 0 unspecified atom stereocenters. The number of aromatic nitrogens is 1. The van der Waals surface area contributed by atoms with Crippen molar-refractivity contribution in [2.45, 2.75) is 18.7 Å². The van der Waals surface area contributed by atoms with Crippen LogP contribution in [0.25, 0.3) is 6.08 Å². The number of nitrogens with one attached hydrogen (secondary N) is 2. The zero-order valence-electron chi connectivity index (χ0n) is 18.3. The zero-order valence-corrected chi connectivity index (χ0v) is 20.7. The van der Waals surface area contributed by atoms with Gasteiger partial charge in [0.2, 0.25) is 11.8 Å². The molecular formula is C22H22BrN3O6S. The van der Waals surface area contributed by atoms with Crippen molar-refractivity contribution in [2.75, 3.05) is 24.3 Å². The Morgan fingerprint density at radius 3 is 2.39 bits per heavy atom. The largest absolute Gasteiger partial charge is 0.493 e. The molecule has 0 fully saturated rings. The summed E-state index contributed by atoms with van der Waals surface area (Å²) in [5.41, 5.74) is 2.36. The van der Waals surface area contributed by atoms with E-state index >= 15 is 0 Å². The number of amides is 1. The number of hydrogen-bond donors (Lipinski definition) is 2. The van der Waals surface area contributed by atoms with Crippen molar-refractivity contribution in [3.05, 3.63) is 63.8 Å². The summed E-state index contributed by atoms with van der Waals surface area (Å²) in [4.78, 5) is 12.3. The molecule has 3 rings (SSSR count). The highest BCUT2D eigenvalue weighted by Gasteiger charge is 2.19. The van der Waals surface area contributed by atoms with Crippen LogP contribution in [-0.4, -0.2) is 33.7 Å². The van der Waals surface area contributed by atoms with Crippen molar-refractivity contribution in [1.29, 1.82) is 0 Å². The fourth-order valence-corrected chi connectivity index (χ4v) is 4.47. The van der Waals surface area contributed by atoms with Crippen LogP contribution in [-0.2, 0) is 14.8 Å². The molecule has 9 nitrogen and oxygen atoms in total. The highest BCUT2D eigenvalue weighted by atomic mass is 79.9. The van der Waals surface area contributed by atoms with Gasteiger partial charge in [0.05, 0.1) is 29.3 Å². The monoisotopic (exact) mass is 535 g/mol. The minimum Gasteiger partial charge on any atom is -0.493 e. The molecule has 33 heavy (non-hydrogen) atoms. The van der Waals surface area contributed by atoms with E-state index < -0.39 is 10.0 Å². The summed E-state index contributed by atoms with van der Waals surface area (Å²) in [5.74, 6) is 0.754. The lowest BCUT2D eigenvalue weighted by Gasteiger charge is -2.10. The highest BCUT2D eigenvalue weighted by molar-refractivity contribution is 9.10. The Hall–Kier alpha value is -3.31. The van der Waals surface area contributed by atoms with Gasteiger partial charge in [0.15, 0.2) is 11.5 Å². The second kappa shape index (κ2) is 10.1. The molecule has 0 bridgehead atoms. The Morgan fingerprint density at radius 2 is 1.82 bits per heavy atom. The van der Waals surface area contributed by atoms with Crippen molar-refractivity contribution < 1.29 is 27.2 Å². The second-order valence-corrected chi connectivity index (χ2v) is 9.45. The summed E-state index contributed by atoms with van der Waals surface area (Å²) in [7, 11) is -0.806. The lowest BCUT2D eigenvalue weighted by molar-refractivity contribution is -0.111. The van der Waals surface area contributed by atoms with Crippen LogP contribution < -0.4 is 19.5 Å². The number of ether oxygens (including phenoxy) is 2. The molecule has 2 aromatic carbocycles. The molecule has 1 heterocycles. The minimum atomic E-state index is -3.87. The van der Waals surface area contributed by atoms with Crippen molar-refractivity contribution in [3.63, 3.8) is 0 Å². The highest BCUT2D eigenvalue weighted by Crippen LogP contribution is 2.36. The molecule has 174 valence electrons. The fourth-order valence-electron chi connectivity index (χ4n) is 2.80. The van der Waals surface area contributed by atoms with Gasteiger partial charge in [-0.2, -0.15) is 0 Å². The van der Waals surface area contributed by atoms with Crippen LogP contribution in [0.1, 0.15) is 16.8 Å². The molecule has 0 aliphatic rings. The summed E-state index contributed by atoms with van der Waals surface area (Å²) in [6.45, 7) is 3.42. The maximum absolute atomic E-state index is 12.6. The summed E-state index contributed by atoms with van der Waals surface area (Å²) < 4.78 is 43.7. The van der Waals surface area contributed by atoms with Crippen molar-refractivity contribution >= 4 is 49.5 Å². The van der Waals surface area contributed by atoms with Crippen LogP contribution in [0.5, 0.6) is 11.5 Å². The summed E-state index contributed by atoms with van der Waals surface area (Å²) in [6.07, 6.45) is 2.97. The van der Waals surface area contributed by atoms with Crippen LogP contribution in [0.3, 0.4) is 0 Å². The van der Waals surface area contributed by atoms with Gasteiger partial charge in [-0.15, -0.1) is 0 Å². The van der Waals surface area contributed by atoms with Crippen LogP contribution in [0.4, 0.5) is 11.6 Å². The van der Waals surface area contributed by atoms with E-state index in [2.05, 4.69) is 31.1 Å². The van der Waals surface area contributed by atoms with E-state index in [-0.39, 0.29) is 16.7 Å². The molecule has 0 saturated heterocycles. The molecule has 0 aliphatic heterocycles. The number of hydrogen-bond acceptors (Lipinski definition) is 7. The third-order valence-electron chi connectivity index (χ3n) is 4.70. The fraction of sp³-hybridized carbons (Fsp3) is 0.182. The second-order valence-electron chi connectivity index (χ2n) is 6.91. The number of carbonyl (C=O) groups excluding carboxylic acids is 1. The van der Waals surface area contributed by atoms with Gasteiger partial charge in [0.1, 0.15) is 0 Å². The summed E-state index contributed by atoms with van der Waals surface area (Å²) in [6, 6.07) is 9.27. The molecular weight excluding hydrogens is 514 g/mol. The van der Waals surface area contributed by atoms with Crippen LogP contribution in [0, 0.1) is 13.8 Å². The number of aryl methyl sites for hydroxylation is 1. The molecule has 2 N–H and O–H groups in total. The standard InChI is InChI=1S/C22H22BrN3O6S/c1-13-14(2)25-32-22(13)26-33(28,29)17-8-6-16(7-9-17)24-20(27)10-5-15-11-18(23)21(31-4)19(12-15)30-3/h5-12,26H,1-4H3,(H,24,27). The molecule has 1 aromatic heterocycles. The molecule has 3 aromatic rings. The van der Waals surface area contributed by atoms with Gasteiger partial charge in [-0.25, -0.2) is 13.1 Å². The van der Waals surface area contributed by atoms with Gasteiger partial charge >= 0.3 is 0 Å².